The molecule has 0 atom stereocenters. The van der Waals surface area contributed by atoms with E-state index >= 15 is 0 Å². The summed E-state index contributed by atoms with van der Waals surface area (Å²) in [7, 11) is 0. The highest BCUT2D eigenvalue weighted by molar-refractivity contribution is 5.91. The molecule has 1 saturated heterocycles. The fraction of sp³-hybridized carbons (Fsp3) is 0.273. The number of anilines is 2. The highest BCUT2D eigenvalue weighted by Gasteiger charge is 2.19. The van der Waals surface area contributed by atoms with Crippen molar-refractivity contribution in [3.05, 3.63) is 55.2 Å². The van der Waals surface area contributed by atoms with Gasteiger partial charge in [-0.2, -0.15) is 9.50 Å². The summed E-state index contributed by atoms with van der Waals surface area (Å²) >= 11 is 0. The summed E-state index contributed by atoms with van der Waals surface area (Å²) in [6, 6.07) is 9.77. The summed E-state index contributed by atoms with van der Waals surface area (Å²) in [4.78, 5) is 18.4. The van der Waals surface area contributed by atoms with Crippen LogP contribution in [0.4, 0.5) is 11.6 Å². The predicted molar refractivity (Wildman–Crippen MR) is 121 cm³/mol. The smallest absolute Gasteiger partial charge is 0.225 e. The van der Waals surface area contributed by atoms with Gasteiger partial charge in [-0.25, -0.2) is 4.98 Å². The van der Waals surface area contributed by atoms with Crippen molar-refractivity contribution in [2.45, 2.75) is 6.54 Å². The highest BCUT2D eigenvalue weighted by atomic mass is 16.3. The first-order chi connectivity index (χ1) is 15.8. The van der Waals surface area contributed by atoms with Gasteiger partial charge in [0, 0.05) is 51.7 Å². The van der Waals surface area contributed by atoms with Gasteiger partial charge in [0.2, 0.25) is 11.8 Å². The number of nitrogens with zero attached hydrogens (tertiary/aromatic N) is 8. The van der Waals surface area contributed by atoms with Gasteiger partial charge in [-0.3, -0.25) is 9.88 Å². The van der Waals surface area contributed by atoms with Crippen LogP contribution in [0.25, 0.3) is 28.3 Å². The van der Waals surface area contributed by atoms with Crippen molar-refractivity contribution in [2.24, 2.45) is 0 Å². The van der Waals surface area contributed by atoms with Crippen molar-refractivity contribution in [1.82, 2.24) is 34.0 Å². The number of pyridine rings is 1. The summed E-state index contributed by atoms with van der Waals surface area (Å²) in [5.74, 6) is 1.41. The molecule has 162 valence electrons. The van der Waals surface area contributed by atoms with Crippen LogP contribution < -0.4 is 10.6 Å². The Hall–Kier alpha value is -3.92. The predicted octanol–water partition coefficient (Wildman–Crippen LogP) is 2.14. The topological polar surface area (TPSA) is 107 Å². The van der Waals surface area contributed by atoms with Crippen molar-refractivity contribution < 1.29 is 4.42 Å². The Labute approximate surface area is 183 Å². The van der Waals surface area contributed by atoms with Crippen LogP contribution in [0.5, 0.6) is 0 Å². The average molecular weight is 429 g/mol. The third-order valence-electron chi connectivity index (χ3n) is 6.00. The maximum atomic E-state index is 6.21. The van der Waals surface area contributed by atoms with Crippen LogP contribution in [-0.2, 0) is 6.54 Å². The second kappa shape index (κ2) is 7.65. The van der Waals surface area contributed by atoms with E-state index in [4.69, 9.17) is 10.2 Å². The lowest BCUT2D eigenvalue weighted by Crippen LogP contribution is -2.47. The Kier molecular flexibility index (Phi) is 4.50. The first-order valence-electron chi connectivity index (χ1n) is 10.7. The minimum atomic E-state index is 0.308. The van der Waals surface area contributed by atoms with E-state index in [-0.39, 0.29) is 0 Å². The average Bonchev–Trinajstić information content (AvgIpc) is 3.58. The minimum Gasteiger partial charge on any atom is -0.461 e. The quantitative estimate of drug-likeness (QED) is 0.453. The molecule has 1 fully saturated rings. The van der Waals surface area contributed by atoms with Gasteiger partial charge in [0.25, 0.3) is 0 Å². The lowest BCUT2D eigenvalue weighted by molar-refractivity contribution is 0.249. The molecular formula is C22H23N9O. The van der Waals surface area contributed by atoms with Gasteiger partial charge >= 0.3 is 0 Å². The van der Waals surface area contributed by atoms with Crippen molar-refractivity contribution in [3.63, 3.8) is 0 Å². The molecule has 2 N–H and O–H groups in total. The van der Waals surface area contributed by atoms with Gasteiger partial charge < -0.3 is 19.6 Å². The number of rotatable bonds is 5. The van der Waals surface area contributed by atoms with E-state index in [9.17, 15) is 0 Å². The van der Waals surface area contributed by atoms with Gasteiger partial charge in [-0.15, -0.1) is 5.10 Å². The summed E-state index contributed by atoms with van der Waals surface area (Å²) in [6.45, 7) is 5.81. The van der Waals surface area contributed by atoms with E-state index in [0.717, 1.165) is 50.3 Å². The van der Waals surface area contributed by atoms with E-state index in [1.54, 1.807) is 10.8 Å². The molecule has 1 aliphatic heterocycles. The molecule has 0 unspecified atom stereocenters. The summed E-state index contributed by atoms with van der Waals surface area (Å²) in [5.41, 5.74) is 8.91. The molecule has 10 nitrogen and oxygen atoms in total. The van der Waals surface area contributed by atoms with E-state index in [1.165, 1.54) is 5.69 Å². The molecule has 1 aliphatic rings. The Morgan fingerprint density at radius 3 is 2.66 bits per heavy atom. The standard InChI is InChI=1S/C22H23N9O/c23-22-26-20-17(21-25-19(27-31(21)22)18-4-2-14-32-18)5-7-30(20)13-10-28-8-11-29(12-9-28)16-3-1-6-24-15-16/h1-7,14-15H,8-13H2,(H2,23,26). The Morgan fingerprint density at radius 2 is 1.88 bits per heavy atom. The zero-order valence-corrected chi connectivity index (χ0v) is 17.5. The maximum absolute atomic E-state index is 6.21. The molecule has 0 radical (unpaired) electrons. The van der Waals surface area contributed by atoms with Gasteiger partial charge in [0.1, 0.15) is 5.65 Å². The summed E-state index contributed by atoms with van der Waals surface area (Å²) < 4.78 is 9.14. The van der Waals surface area contributed by atoms with E-state index < -0.39 is 0 Å². The summed E-state index contributed by atoms with van der Waals surface area (Å²) in [5, 5.41) is 5.39. The molecule has 5 aromatic rings. The Bertz CT molecular complexity index is 1350. The van der Waals surface area contributed by atoms with Crippen LogP contribution in [0.2, 0.25) is 0 Å². The number of nitrogen functional groups attached to an aromatic ring is 1. The van der Waals surface area contributed by atoms with E-state index in [2.05, 4.69) is 40.5 Å². The van der Waals surface area contributed by atoms with Crippen molar-refractivity contribution in [1.29, 1.82) is 0 Å². The van der Waals surface area contributed by atoms with Crippen LogP contribution in [-0.4, -0.2) is 66.8 Å². The van der Waals surface area contributed by atoms with E-state index in [1.807, 2.05) is 42.9 Å². The molecule has 0 spiro atoms. The molecule has 5 aromatic heterocycles. The highest BCUT2D eigenvalue weighted by Crippen LogP contribution is 2.24. The molecule has 10 heteroatoms. The number of furan rings is 1. The molecule has 0 saturated carbocycles. The molecule has 6 heterocycles. The molecular weight excluding hydrogens is 406 g/mol. The minimum absolute atomic E-state index is 0.308. The van der Waals surface area contributed by atoms with E-state index in [0.29, 0.717) is 23.2 Å². The number of fused-ring (bicyclic) bond motifs is 3. The van der Waals surface area contributed by atoms with Gasteiger partial charge in [-0.1, -0.05) is 0 Å². The summed E-state index contributed by atoms with van der Waals surface area (Å²) in [6.07, 6.45) is 7.39. The van der Waals surface area contributed by atoms with Crippen LogP contribution in [0.15, 0.2) is 59.6 Å². The first-order valence-corrected chi connectivity index (χ1v) is 10.7. The maximum Gasteiger partial charge on any atom is 0.225 e. The number of nitrogens with two attached hydrogens (primary N) is 1. The second-order valence-electron chi connectivity index (χ2n) is 7.90. The van der Waals surface area contributed by atoms with Crippen molar-refractivity contribution in [3.8, 4) is 11.6 Å². The SMILES string of the molecule is Nc1nc2c(ccn2CCN2CCN(c3cccnc3)CC2)c2nc(-c3ccco3)nn12. The van der Waals surface area contributed by atoms with Gasteiger partial charge in [0.05, 0.1) is 23.5 Å². The Morgan fingerprint density at radius 1 is 0.969 bits per heavy atom. The van der Waals surface area contributed by atoms with Crippen LogP contribution in [0.1, 0.15) is 0 Å². The largest absolute Gasteiger partial charge is 0.461 e. The van der Waals surface area contributed by atoms with Gasteiger partial charge in [0.15, 0.2) is 11.4 Å². The number of hydrogen-bond donors (Lipinski definition) is 1. The second-order valence-corrected chi connectivity index (χ2v) is 7.90. The van der Waals surface area contributed by atoms with Gasteiger partial charge in [-0.05, 0) is 30.3 Å². The zero-order chi connectivity index (χ0) is 21.5. The fourth-order valence-electron chi connectivity index (χ4n) is 4.28. The number of aromatic nitrogens is 6. The lowest BCUT2D eigenvalue weighted by Gasteiger charge is -2.35. The number of hydrogen-bond acceptors (Lipinski definition) is 8. The van der Waals surface area contributed by atoms with Crippen LogP contribution in [0, 0.1) is 0 Å². The number of piperazine rings is 1. The third-order valence-corrected chi connectivity index (χ3v) is 6.00. The normalized spacial score (nSPS) is 15.2. The zero-order valence-electron chi connectivity index (χ0n) is 17.5. The van der Waals surface area contributed by atoms with Crippen LogP contribution >= 0.6 is 0 Å². The fourth-order valence-corrected chi connectivity index (χ4v) is 4.28. The monoisotopic (exact) mass is 429 g/mol. The lowest BCUT2D eigenvalue weighted by atomic mass is 10.2. The first kappa shape index (κ1) is 18.8. The molecule has 0 aromatic carbocycles. The molecule has 0 amide bonds. The van der Waals surface area contributed by atoms with Crippen LogP contribution in [0.3, 0.4) is 0 Å². The van der Waals surface area contributed by atoms with Crippen molar-refractivity contribution >= 4 is 28.3 Å². The third kappa shape index (κ3) is 3.25. The van der Waals surface area contributed by atoms with Crippen molar-refractivity contribution in [2.75, 3.05) is 43.4 Å². The molecule has 6 rings (SSSR count). The molecule has 0 bridgehead atoms. The molecule has 0 aliphatic carbocycles. The molecule has 32 heavy (non-hydrogen) atoms. The Balaban J connectivity index is 1.19.